The van der Waals surface area contributed by atoms with Crippen LogP contribution in [0.4, 0.5) is 0 Å². The van der Waals surface area contributed by atoms with Crippen LogP contribution in [0.25, 0.3) is 11.1 Å². The molecule has 0 radical (unpaired) electrons. The van der Waals surface area contributed by atoms with Crippen molar-refractivity contribution in [3.8, 4) is 16.9 Å². The summed E-state index contributed by atoms with van der Waals surface area (Å²) in [6.07, 6.45) is 8.28. The van der Waals surface area contributed by atoms with Crippen LogP contribution < -0.4 is 4.74 Å². The van der Waals surface area contributed by atoms with E-state index in [1.54, 1.807) is 24.3 Å². The number of carbonyl (C=O) groups is 2. The quantitative estimate of drug-likeness (QED) is 0.288. The molecule has 0 spiro atoms. The van der Waals surface area contributed by atoms with E-state index < -0.39 is 5.97 Å². The minimum Gasteiger partial charge on any atom is -0.487 e. The normalized spacial score (nSPS) is 19.1. The van der Waals surface area contributed by atoms with Gasteiger partial charge in [-0.1, -0.05) is 86.1 Å². The zero-order chi connectivity index (χ0) is 26.9. The van der Waals surface area contributed by atoms with Gasteiger partial charge in [0.1, 0.15) is 17.4 Å². The molecule has 0 amide bonds. The summed E-state index contributed by atoms with van der Waals surface area (Å²) in [4.78, 5) is 25.0. The Bertz CT molecular complexity index is 1360. The monoisotopic (exact) mass is 550 g/mol. The Morgan fingerprint density at radius 2 is 1.76 bits per heavy atom. The molecule has 3 aromatic rings. The summed E-state index contributed by atoms with van der Waals surface area (Å²) in [5, 5.41) is 9.75. The number of carboxylic acid groups (broad SMARTS) is 1. The molecule has 1 atom stereocenters. The number of unbranched alkanes of at least 4 members (excludes halogenated alkanes) is 1. The second kappa shape index (κ2) is 11.1. The molecule has 2 aliphatic carbocycles. The standard InChI is InChI=1S/C32H32Cl2O4/c1-2-3-15-32(25-9-4-5-10-25)18-24-17-26(28(33)29(34)27(24)30(32)35)38-19-20-7-6-8-23(16-20)21-11-13-22(14-12-21)31(36)37/h6-8,11-14,16-17,25H,2-5,9-10,15,18-19H2,1H3,(H,36,37). The first kappa shape index (κ1) is 26.8. The van der Waals surface area contributed by atoms with Crippen molar-refractivity contribution in [3.05, 3.63) is 86.9 Å². The maximum atomic E-state index is 13.9. The van der Waals surface area contributed by atoms with Gasteiger partial charge in [0.2, 0.25) is 0 Å². The summed E-state index contributed by atoms with van der Waals surface area (Å²) < 4.78 is 6.18. The highest BCUT2D eigenvalue weighted by molar-refractivity contribution is 6.45. The van der Waals surface area contributed by atoms with E-state index >= 15 is 0 Å². The number of halogens is 2. The minimum absolute atomic E-state index is 0.174. The maximum absolute atomic E-state index is 13.9. The van der Waals surface area contributed by atoms with E-state index in [-0.39, 0.29) is 28.4 Å². The molecule has 2 aliphatic rings. The third kappa shape index (κ3) is 4.97. The first-order valence-corrected chi connectivity index (χ1v) is 14.2. The van der Waals surface area contributed by atoms with Crippen LogP contribution in [0.1, 0.15) is 83.7 Å². The number of carbonyl (C=O) groups excluding carboxylic acids is 1. The van der Waals surface area contributed by atoms with Crippen LogP contribution in [-0.4, -0.2) is 16.9 Å². The molecule has 3 aromatic carbocycles. The van der Waals surface area contributed by atoms with Crippen LogP contribution in [-0.2, 0) is 13.0 Å². The number of ketones is 1. The van der Waals surface area contributed by atoms with E-state index in [2.05, 4.69) is 6.92 Å². The molecule has 0 heterocycles. The van der Waals surface area contributed by atoms with Gasteiger partial charge in [0, 0.05) is 11.0 Å². The number of hydrogen-bond donors (Lipinski definition) is 1. The predicted molar refractivity (Wildman–Crippen MR) is 152 cm³/mol. The summed E-state index contributed by atoms with van der Waals surface area (Å²) in [5.74, 6) is 0.127. The number of benzene rings is 3. The molecular formula is C32H32Cl2O4. The second-order valence-electron chi connectivity index (χ2n) is 10.7. The smallest absolute Gasteiger partial charge is 0.335 e. The lowest BCUT2D eigenvalue weighted by molar-refractivity contribution is 0.0669. The lowest BCUT2D eigenvalue weighted by Crippen LogP contribution is -2.35. The van der Waals surface area contributed by atoms with Gasteiger partial charge in [0.25, 0.3) is 0 Å². The van der Waals surface area contributed by atoms with Crippen molar-refractivity contribution in [3.63, 3.8) is 0 Å². The molecule has 0 aliphatic heterocycles. The third-order valence-corrected chi connectivity index (χ3v) is 9.19. The molecule has 5 rings (SSSR count). The van der Waals surface area contributed by atoms with Gasteiger partial charge in [-0.15, -0.1) is 0 Å². The largest absolute Gasteiger partial charge is 0.487 e. The van der Waals surface area contributed by atoms with E-state index in [1.807, 2.05) is 30.3 Å². The van der Waals surface area contributed by atoms with Crippen molar-refractivity contribution >= 4 is 35.0 Å². The van der Waals surface area contributed by atoms with Crippen molar-refractivity contribution in [2.45, 2.75) is 64.9 Å². The van der Waals surface area contributed by atoms with E-state index in [9.17, 15) is 9.59 Å². The molecule has 6 heteroatoms. The first-order chi connectivity index (χ1) is 18.3. The van der Waals surface area contributed by atoms with Crippen molar-refractivity contribution in [2.75, 3.05) is 0 Å². The van der Waals surface area contributed by atoms with Gasteiger partial charge in [-0.05, 0) is 78.1 Å². The molecule has 0 saturated heterocycles. The topological polar surface area (TPSA) is 63.6 Å². The van der Waals surface area contributed by atoms with Crippen LogP contribution >= 0.6 is 23.2 Å². The van der Waals surface area contributed by atoms with Crippen molar-refractivity contribution in [1.29, 1.82) is 0 Å². The Balaban J connectivity index is 1.38. The summed E-state index contributed by atoms with van der Waals surface area (Å²) in [7, 11) is 0. The second-order valence-corrected chi connectivity index (χ2v) is 11.4. The number of aromatic carboxylic acids is 1. The first-order valence-electron chi connectivity index (χ1n) is 13.4. The molecule has 0 bridgehead atoms. The van der Waals surface area contributed by atoms with E-state index in [0.717, 1.165) is 54.4 Å². The van der Waals surface area contributed by atoms with Gasteiger partial charge in [0.05, 0.1) is 10.6 Å². The Hall–Kier alpha value is -2.82. The third-order valence-electron chi connectivity index (χ3n) is 8.34. The fourth-order valence-corrected chi connectivity index (χ4v) is 6.83. The minimum atomic E-state index is -0.948. The molecular weight excluding hydrogens is 519 g/mol. The van der Waals surface area contributed by atoms with Gasteiger partial charge in [-0.25, -0.2) is 4.79 Å². The van der Waals surface area contributed by atoms with Crippen molar-refractivity contribution < 1.29 is 19.4 Å². The summed E-state index contributed by atoms with van der Waals surface area (Å²) >= 11 is 13.4. The number of rotatable bonds is 9. The van der Waals surface area contributed by atoms with Crippen LogP contribution in [0.15, 0.2) is 54.6 Å². The molecule has 1 N–H and O–H groups in total. The van der Waals surface area contributed by atoms with E-state index in [4.69, 9.17) is 33.0 Å². The van der Waals surface area contributed by atoms with Gasteiger partial charge < -0.3 is 9.84 Å². The average molecular weight is 552 g/mol. The predicted octanol–water partition coefficient (Wildman–Crippen LogP) is 9.04. The van der Waals surface area contributed by atoms with Crippen LogP contribution in [0.5, 0.6) is 5.75 Å². The summed E-state index contributed by atoms with van der Waals surface area (Å²) in [6, 6.07) is 16.6. The van der Waals surface area contributed by atoms with E-state index in [0.29, 0.717) is 28.7 Å². The number of hydrogen-bond acceptors (Lipinski definition) is 3. The molecule has 1 saturated carbocycles. The fraction of sp³-hybridized carbons (Fsp3) is 0.375. The summed E-state index contributed by atoms with van der Waals surface area (Å²) in [6.45, 7) is 2.46. The van der Waals surface area contributed by atoms with Crippen LogP contribution in [0.3, 0.4) is 0 Å². The van der Waals surface area contributed by atoms with Gasteiger partial charge in [0.15, 0.2) is 5.78 Å². The molecule has 38 heavy (non-hydrogen) atoms. The molecule has 1 unspecified atom stereocenters. The maximum Gasteiger partial charge on any atom is 0.335 e. The highest BCUT2D eigenvalue weighted by Crippen LogP contribution is 2.55. The Labute approximate surface area is 233 Å². The Morgan fingerprint density at radius 3 is 2.45 bits per heavy atom. The van der Waals surface area contributed by atoms with Crippen molar-refractivity contribution in [2.24, 2.45) is 11.3 Å². The molecule has 1 fully saturated rings. The van der Waals surface area contributed by atoms with Crippen LogP contribution in [0.2, 0.25) is 10.0 Å². The molecule has 198 valence electrons. The van der Waals surface area contributed by atoms with Crippen LogP contribution in [0, 0.1) is 11.3 Å². The molecule has 4 nitrogen and oxygen atoms in total. The van der Waals surface area contributed by atoms with Crippen molar-refractivity contribution in [1.82, 2.24) is 0 Å². The highest BCUT2D eigenvalue weighted by atomic mass is 35.5. The molecule has 0 aromatic heterocycles. The fourth-order valence-electron chi connectivity index (χ4n) is 6.33. The number of Topliss-reactive ketones (excluding diaryl/α,β-unsaturated/α-hetero) is 1. The highest BCUT2D eigenvalue weighted by Gasteiger charge is 2.51. The zero-order valence-electron chi connectivity index (χ0n) is 21.6. The van der Waals surface area contributed by atoms with E-state index in [1.165, 1.54) is 12.8 Å². The number of fused-ring (bicyclic) bond motifs is 1. The lowest BCUT2D eigenvalue weighted by Gasteiger charge is -2.34. The Kier molecular flexibility index (Phi) is 7.83. The average Bonchev–Trinajstić information content (AvgIpc) is 3.56. The Morgan fingerprint density at radius 1 is 1.03 bits per heavy atom. The number of ether oxygens (including phenoxy) is 1. The SMILES string of the molecule is CCCCC1(C2CCCC2)Cc2cc(OCc3cccc(-c4ccc(C(=O)O)cc4)c3)c(Cl)c(Cl)c2C1=O. The summed E-state index contributed by atoms with van der Waals surface area (Å²) in [5.41, 5.74) is 4.26. The van der Waals surface area contributed by atoms with Gasteiger partial charge in [-0.2, -0.15) is 0 Å². The number of carboxylic acids is 1. The lowest BCUT2D eigenvalue weighted by atomic mass is 9.68. The zero-order valence-corrected chi connectivity index (χ0v) is 23.1. The van der Waals surface area contributed by atoms with Gasteiger partial charge >= 0.3 is 5.97 Å². The van der Waals surface area contributed by atoms with Gasteiger partial charge in [-0.3, -0.25) is 4.79 Å².